The molecule has 0 amide bonds. The van der Waals surface area contributed by atoms with E-state index in [1.807, 2.05) is 0 Å². The van der Waals surface area contributed by atoms with Crippen molar-refractivity contribution >= 4 is 5.78 Å². The maximum absolute atomic E-state index is 13.0. The minimum absolute atomic E-state index is 0.181. The summed E-state index contributed by atoms with van der Waals surface area (Å²) in [5, 5.41) is 0. The Labute approximate surface area is 192 Å². The first-order chi connectivity index (χ1) is 15.3. The molecule has 1 spiro atoms. The molecule has 4 aliphatic carbocycles. The average molecular weight is 440 g/mol. The molecule has 0 radical (unpaired) electrons. The predicted molar refractivity (Wildman–Crippen MR) is 125 cm³/mol. The normalized spacial score (nSPS) is 38.0. The molecule has 5 aliphatic rings. The number of ether oxygens (including phenoxy) is 3. The Kier molecular flexibility index (Phi) is 5.03. The van der Waals surface area contributed by atoms with E-state index >= 15 is 0 Å². The number of unbranched alkanes of at least 4 members (excludes halogenated alkanes) is 1. The summed E-state index contributed by atoms with van der Waals surface area (Å²) >= 11 is 0. The van der Waals surface area contributed by atoms with Gasteiger partial charge in [0.05, 0.1) is 12.5 Å². The van der Waals surface area contributed by atoms with Gasteiger partial charge in [0.25, 0.3) is 0 Å². The number of hydrogen-bond acceptors (Lipinski definition) is 5. The molecule has 1 saturated carbocycles. The average Bonchev–Trinajstić information content (AvgIpc) is 3.14. The number of rotatable bonds is 8. The van der Waals surface area contributed by atoms with E-state index in [-0.39, 0.29) is 28.6 Å². The molecule has 174 valence electrons. The highest BCUT2D eigenvalue weighted by Gasteiger charge is 2.77. The summed E-state index contributed by atoms with van der Waals surface area (Å²) < 4.78 is 19.3. The SMILES string of the molecule is CCCCOc1ccc2c3c1O[C@H]1[C@@]4(OC)C=C[C@@](C[C@@H]4C(C)=O)([C@H](N(C)CC)C2)[C@@]31C. The Hall–Kier alpha value is -1.85. The van der Waals surface area contributed by atoms with Gasteiger partial charge in [-0.3, -0.25) is 4.79 Å². The van der Waals surface area contributed by atoms with Gasteiger partial charge in [-0.1, -0.05) is 45.4 Å². The number of hydrogen-bond donors (Lipinski definition) is 0. The predicted octanol–water partition coefficient (Wildman–Crippen LogP) is 4.31. The number of nitrogens with zero attached hydrogens (tertiary/aromatic N) is 1. The van der Waals surface area contributed by atoms with E-state index in [1.54, 1.807) is 14.0 Å². The van der Waals surface area contributed by atoms with Crippen LogP contribution in [-0.2, 0) is 21.4 Å². The number of fused-ring (bicyclic) bond motifs is 1. The van der Waals surface area contributed by atoms with Crippen LogP contribution in [0, 0.1) is 11.3 Å². The molecular formula is C27H37NO4. The van der Waals surface area contributed by atoms with Gasteiger partial charge >= 0.3 is 0 Å². The standard InChI is InChI=1S/C27H37NO4/c1-7-9-14-31-20-11-10-18-15-21(28(5)8-2)26-12-13-27(30-6,19(16-26)17(3)29)24-25(26,4)22(18)23(20)32-24/h10-13,19,21,24H,7-9,14-16H2,1-6H3/t19-,21-,24-,25+,26-,27-/m1/s1. The van der Waals surface area contributed by atoms with Crippen LogP contribution in [-0.4, -0.2) is 55.7 Å². The van der Waals surface area contributed by atoms with Crippen molar-refractivity contribution in [2.24, 2.45) is 11.3 Å². The monoisotopic (exact) mass is 439 g/mol. The van der Waals surface area contributed by atoms with Crippen molar-refractivity contribution in [3.8, 4) is 11.5 Å². The number of benzene rings is 1. The minimum atomic E-state index is -0.758. The largest absolute Gasteiger partial charge is 0.490 e. The number of carbonyl (C=O) groups excluding carboxylic acids is 1. The third-order valence-corrected chi connectivity index (χ3v) is 9.23. The number of likely N-dealkylation sites (N-methyl/N-ethyl adjacent to an activating group) is 1. The summed E-state index contributed by atoms with van der Waals surface area (Å²) in [5.41, 5.74) is 1.39. The molecule has 1 heterocycles. The van der Waals surface area contributed by atoms with Crippen LogP contribution in [0.4, 0.5) is 0 Å². The topological polar surface area (TPSA) is 48.0 Å². The molecule has 6 rings (SSSR count). The molecule has 1 aliphatic heterocycles. The Bertz CT molecular complexity index is 973. The molecule has 0 saturated heterocycles. The summed E-state index contributed by atoms with van der Waals surface area (Å²) in [7, 11) is 3.94. The van der Waals surface area contributed by atoms with Gasteiger partial charge in [-0.2, -0.15) is 0 Å². The zero-order chi connectivity index (χ0) is 22.9. The van der Waals surface area contributed by atoms with Gasteiger partial charge in [-0.25, -0.2) is 0 Å². The van der Waals surface area contributed by atoms with Crippen molar-refractivity contribution < 1.29 is 19.0 Å². The van der Waals surface area contributed by atoms with E-state index in [4.69, 9.17) is 14.2 Å². The molecule has 0 unspecified atom stereocenters. The summed E-state index contributed by atoms with van der Waals surface area (Å²) in [5.74, 6) is 1.67. The van der Waals surface area contributed by atoms with Gasteiger partial charge in [-0.15, -0.1) is 0 Å². The smallest absolute Gasteiger partial charge is 0.166 e. The van der Waals surface area contributed by atoms with Gasteiger partial charge in [0, 0.05) is 29.5 Å². The van der Waals surface area contributed by atoms with E-state index in [0.29, 0.717) is 12.6 Å². The number of methoxy groups -OCH3 is 1. The fraction of sp³-hybridized carbons (Fsp3) is 0.667. The van der Waals surface area contributed by atoms with Crippen molar-refractivity contribution in [3.05, 3.63) is 35.4 Å². The molecule has 1 aromatic carbocycles. The first-order valence-corrected chi connectivity index (χ1v) is 12.2. The highest BCUT2D eigenvalue weighted by molar-refractivity contribution is 5.82. The lowest BCUT2D eigenvalue weighted by Gasteiger charge is -2.67. The molecule has 5 nitrogen and oxygen atoms in total. The first kappa shape index (κ1) is 22.0. The summed E-state index contributed by atoms with van der Waals surface area (Å²) in [6.45, 7) is 10.1. The fourth-order valence-electron chi connectivity index (χ4n) is 7.44. The van der Waals surface area contributed by atoms with E-state index in [1.165, 1.54) is 11.1 Å². The van der Waals surface area contributed by atoms with Gasteiger partial charge in [0.15, 0.2) is 11.5 Å². The molecule has 32 heavy (non-hydrogen) atoms. The van der Waals surface area contributed by atoms with Crippen LogP contribution in [0.2, 0.25) is 0 Å². The lowest BCUT2D eigenvalue weighted by atomic mass is 9.39. The van der Waals surface area contributed by atoms with Crippen LogP contribution < -0.4 is 9.47 Å². The molecule has 0 aromatic heterocycles. The number of carbonyl (C=O) groups is 1. The molecule has 0 N–H and O–H groups in total. The van der Waals surface area contributed by atoms with Crippen molar-refractivity contribution in [1.82, 2.24) is 4.90 Å². The third-order valence-electron chi connectivity index (χ3n) is 9.23. The van der Waals surface area contributed by atoms with Gasteiger partial charge in [0.2, 0.25) is 0 Å². The molecule has 2 bridgehead atoms. The first-order valence-electron chi connectivity index (χ1n) is 12.2. The Balaban J connectivity index is 1.75. The van der Waals surface area contributed by atoms with E-state index in [2.05, 4.69) is 57.0 Å². The lowest BCUT2D eigenvalue weighted by molar-refractivity contribution is -0.195. The van der Waals surface area contributed by atoms with Crippen molar-refractivity contribution in [1.29, 1.82) is 0 Å². The maximum Gasteiger partial charge on any atom is 0.166 e. The fourth-order valence-corrected chi connectivity index (χ4v) is 7.44. The molecule has 1 fully saturated rings. The van der Waals surface area contributed by atoms with Crippen molar-refractivity contribution in [2.75, 3.05) is 27.3 Å². The van der Waals surface area contributed by atoms with Crippen molar-refractivity contribution in [2.45, 2.75) is 76.5 Å². The quantitative estimate of drug-likeness (QED) is 0.446. The highest BCUT2D eigenvalue weighted by atomic mass is 16.6. The third kappa shape index (κ3) is 2.44. The zero-order valence-corrected chi connectivity index (χ0v) is 20.4. The van der Waals surface area contributed by atoms with E-state index in [0.717, 1.165) is 43.7 Å². The Morgan fingerprint density at radius 1 is 1.28 bits per heavy atom. The van der Waals surface area contributed by atoms with Crippen LogP contribution >= 0.6 is 0 Å². The Morgan fingerprint density at radius 3 is 2.72 bits per heavy atom. The number of Topliss-reactive ketones (excluding diaryl/α,β-unsaturated/α-hetero) is 1. The molecule has 5 heteroatoms. The molecule has 6 atom stereocenters. The summed E-state index contributed by atoms with van der Waals surface area (Å²) in [6.07, 6.45) is 8.13. The molecule has 1 aromatic rings. The van der Waals surface area contributed by atoms with Crippen LogP contribution in [0.25, 0.3) is 0 Å². The summed E-state index contributed by atoms with van der Waals surface area (Å²) in [4.78, 5) is 15.4. The Morgan fingerprint density at radius 2 is 2.06 bits per heavy atom. The van der Waals surface area contributed by atoms with Crippen LogP contribution in [0.5, 0.6) is 11.5 Å². The second-order valence-corrected chi connectivity index (χ2v) is 10.4. The minimum Gasteiger partial charge on any atom is -0.490 e. The van der Waals surface area contributed by atoms with Crippen LogP contribution in [0.3, 0.4) is 0 Å². The van der Waals surface area contributed by atoms with Gasteiger partial charge in [-0.05, 0) is 51.4 Å². The van der Waals surface area contributed by atoms with E-state index in [9.17, 15) is 4.79 Å². The number of ketones is 1. The molecular weight excluding hydrogens is 402 g/mol. The van der Waals surface area contributed by atoms with E-state index < -0.39 is 5.60 Å². The second-order valence-electron chi connectivity index (χ2n) is 10.4. The maximum atomic E-state index is 13.0. The van der Waals surface area contributed by atoms with Crippen LogP contribution in [0.1, 0.15) is 58.1 Å². The second kappa shape index (κ2) is 7.33. The zero-order valence-electron chi connectivity index (χ0n) is 20.4. The van der Waals surface area contributed by atoms with Crippen molar-refractivity contribution in [3.63, 3.8) is 0 Å². The van der Waals surface area contributed by atoms with Gasteiger partial charge < -0.3 is 19.1 Å². The van der Waals surface area contributed by atoms with Gasteiger partial charge in [0.1, 0.15) is 17.5 Å². The van der Waals surface area contributed by atoms with Crippen LogP contribution in [0.15, 0.2) is 24.3 Å². The highest BCUT2D eigenvalue weighted by Crippen LogP contribution is 2.72. The lowest BCUT2D eigenvalue weighted by Crippen LogP contribution is -2.76. The summed E-state index contributed by atoms with van der Waals surface area (Å²) in [6, 6.07) is 4.62.